The van der Waals surface area contributed by atoms with Gasteiger partial charge < -0.3 is 0 Å². The van der Waals surface area contributed by atoms with Crippen LogP contribution in [0, 0.1) is 22.7 Å². The highest BCUT2D eigenvalue weighted by molar-refractivity contribution is 5.31. The molecule has 0 saturated heterocycles. The molecule has 0 aromatic carbocycles. The first kappa shape index (κ1) is 6.94. The fourth-order valence-corrected chi connectivity index (χ4v) is 3.67. The van der Waals surface area contributed by atoms with Crippen LogP contribution in [0.25, 0.3) is 0 Å². The van der Waals surface area contributed by atoms with E-state index in [1.165, 1.54) is 12.8 Å². The van der Waals surface area contributed by atoms with Crippen molar-refractivity contribution >= 4 is 0 Å². The van der Waals surface area contributed by atoms with Gasteiger partial charge in [0, 0.05) is 0 Å². The van der Waals surface area contributed by atoms with Gasteiger partial charge in [-0.25, -0.2) is 0 Å². The maximum absolute atomic E-state index is 2.47. The molecule has 0 spiro atoms. The van der Waals surface area contributed by atoms with Gasteiger partial charge in [0.05, 0.1) is 0 Å². The molecule has 0 aliphatic heterocycles. The molecule has 0 aromatic rings. The third-order valence-corrected chi connectivity index (χ3v) is 4.91. The molecule has 3 rings (SSSR count). The van der Waals surface area contributed by atoms with Crippen molar-refractivity contribution in [3.8, 4) is 0 Å². The van der Waals surface area contributed by atoms with Crippen molar-refractivity contribution in [3.05, 3.63) is 24.3 Å². The Balaban J connectivity index is 2.19. The van der Waals surface area contributed by atoms with Gasteiger partial charge in [-0.2, -0.15) is 0 Å². The molecule has 4 atom stereocenters. The number of allylic oxidation sites excluding steroid dienone is 4. The van der Waals surface area contributed by atoms with E-state index < -0.39 is 0 Å². The summed E-state index contributed by atoms with van der Waals surface area (Å²) in [6.45, 7) is 4.92. The van der Waals surface area contributed by atoms with Gasteiger partial charge in [0.25, 0.3) is 0 Å². The first-order chi connectivity index (χ1) is 5.67. The van der Waals surface area contributed by atoms with Gasteiger partial charge in [-0.3, -0.25) is 0 Å². The standard InChI is InChI=1S/C12H16/c1-11-6-3-7-12(11,2)10-5-4-9(11)8-10/h3-6,9-10H,7-8H2,1-2H3/t9?,10?,11-,12+/m1/s1. The monoisotopic (exact) mass is 160 g/mol. The zero-order valence-electron chi connectivity index (χ0n) is 7.88. The Bertz CT molecular complexity index is 286. The van der Waals surface area contributed by atoms with Crippen LogP contribution in [0.15, 0.2) is 24.3 Å². The molecular formula is C12H16. The van der Waals surface area contributed by atoms with Crippen molar-refractivity contribution in [2.24, 2.45) is 22.7 Å². The SMILES string of the molecule is C[C@@]12CC=C[C@]1(C)C1C=CC2C1. The van der Waals surface area contributed by atoms with Crippen molar-refractivity contribution in [3.63, 3.8) is 0 Å². The zero-order chi connectivity index (χ0) is 8.40. The van der Waals surface area contributed by atoms with E-state index in [1.807, 2.05) is 0 Å². The van der Waals surface area contributed by atoms with E-state index in [0.29, 0.717) is 10.8 Å². The topological polar surface area (TPSA) is 0 Å². The van der Waals surface area contributed by atoms with Gasteiger partial charge in [0.1, 0.15) is 0 Å². The van der Waals surface area contributed by atoms with Crippen LogP contribution >= 0.6 is 0 Å². The molecule has 64 valence electrons. The third kappa shape index (κ3) is 0.485. The van der Waals surface area contributed by atoms with E-state index in [2.05, 4.69) is 38.2 Å². The van der Waals surface area contributed by atoms with Crippen molar-refractivity contribution < 1.29 is 0 Å². The van der Waals surface area contributed by atoms with Gasteiger partial charge in [0.15, 0.2) is 0 Å². The average Bonchev–Trinajstić information content (AvgIpc) is 2.61. The Morgan fingerprint density at radius 3 is 2.67 bits per heavy atom. The molecule has 1 saturated carbocycles. The fourth-order valence-electron chi connectivity index (χ4n) is 3.67. The Morgan fingerprint density at radius 1 is 1.17 bits per heavy atom. The minimum atomic E-state index is 0.492. The number of hydrogen-bond acceptors (Lipinski definition) is 0. The first-order valence-corrected chi connectivity index (χ1v) is 5.03. The molecule has 0 heterocycles. The van der Waals surface area contributed by atoms with Gasteiger partial charge >= 0.3 is 0 Å². The number of hydrogen-bond donors (Lipinski definition) is 0. The lowest BCUT2D eigenvalue weighted by atomic mass is 9.62. The van der Waals surface area contributed by atoms with Crippen molar-refractivity contribution in [1.29, 1.82) is 0 Å². The summed E-state index contributed by atoms with van der Waals surface area (Å²) in [5.74, 6) is 1.70. The maximum Gasteiger partial charge on any atom is -0.00213 e. The summed E-state index contributed by atoms with van der Waals surface area (Å²) in [6, 6.07) is 0. The van der Waals surface area contributed by atoms with E-state index in [4.69, 9.17) is 0 Å². The van der Waals surface area contributed by atoms with Crippen molar-refractivity contribution in [1.82, 2.24) is 0 Å². The van der Waals surface area contributed by atoms with Crippen LogP contribution in [-0.4, -0.2) is 0 Å². The molecule has 0 nitrogen and oxygen atoms in total. The highest BCUT2D eigenvalue weighted by atomic mass is 14.6. The first-order valence-electron chi connectivity index (χ1n) is 5.03. The maximum atomic E-state index is 2.47. The molecule has 3 aliphatic carbocycles. The highest BCUT2D eigenvalue weighted by Crippen LogP contribution is 2.68. The van der Waals surface area contributed by atoms with E-state index in [1.54, 1.807) is 0 Å². The van der Waals surface area contributed by atoms with Crippen LogP contribution in [0.4, 0.5) is 0 Å². The third-order valence-electron chi connectivity index (χ3n) is 4.91. The molecule has 12 heavy (non-hydrogen) atoms. The van der Waals surface area contributed by atoms with Crippen molar-refractivity contribution in [2.45, 2.75) is 26.7 Å². The molecule has 2 unspecified atom stereocenters. The van der Waals surface area contributed by atoms with Crippen LogP contribution in [0.2, 0.25) is 0 Å². The molecule has 0 amide bonds. The normalized spacial score (nSPS) is 59.8. The van der Waals surface area contributed by atoms with Gasteiger partial charge in [-0.05, 0) is 35.5 Å². The average molecular weight is 160 g/mol. The lowest BCUT2D eigenvalue weighted by Gasteiger charge is -2.42. The summed E-state index contributed by atoms with van der Waals surface area (Å²) >= 11 is 0. The predicted molar refractivity (Wildman–Crippen MR) is 50.7 cm³/mol. The highest BCUT2D eigenvalue weighted by Gasteiger charge is 2.60. The second-order valence-corrected chi connectivity index (χ2v) is 5.14. The fraction of sp³-hybridized carbons (Fsp3) is 0.667. The van der Waals surface area contributed by atoms with Gasteiger partial charge in [-0.15, -0.1) is 0 Å². The number of rotatable bonds is 0. The zero-order valence-corrected chi connectivity index (χ0v) is 7.88. The molecule has 2 bridgehead atoms. The van der Waals surface area contributed by atoms with Gasteiger partial charge in [0.2, 0.25) is 0 Å². The Hall–Kier alpha value is -0.520. The van der Waals surface area contributed by atoms with Crippen LogP contribution in [0.5, 0.6) is 0 Å². The minimum Gasteiger partial charge on any atom is -0.0874 e. The van der Waals surface area contributed by atoms with E-state index in [9.17, 15) is 0 Å². The molecule has 3 aliphatic rings. The Labute approximate surface area is 74.4 Å². The van der Waals surface area contributed by atoms with E-state index in [-0.39, 0.29) is 0 Å². The summed E-state index contributed by atoms with van der Waals surface area (Å²) in [4.78, 5) is 0. The largest absolute Gasteiger partial charge is 0.0874 e. The second kappa shape index (κ2) is 1.71. The number of fused-ring (bicyclic) bond motifs is 5. The van der Waals surface area contributed by atoms with Crippen LogP contribution in [-0.2, 0) is 0 Å². The summed E-state index contributed by atoms with van der Waals surface area (Å²) in [5, 5.41) is 0. The second-order valence-electron chi connectivity index (χ2n) is 5.14. The quantitative estimate of drug-likeness (QED) is 0.477. The van der Waals surface area contributed by atoms with Crippen LogP contribution < -0.4 is 0 Å². The summed E-state index contributed by atoms with van der Waals surface area (Å²) in [7, 11) is 0. The van der Waals surface area contributed by atoms with E-state index >= 15 is 0 Å². The van der Waals surface area contributed by atoms with Crippen molar-refractivity contribution in [2.75, 3.05) is 0 Å². The molecule has 1 fully saturated rings. The van der Waals surface area contributed by atoms with Crippen LogP contribution in [0.3, 0.4) is 0 Å². The molecular weight excluding hydrogens is 144 g/mol. The van der Waals surface area contributed by atoms with Gasteiger partial charge in [-0.1, -0.05) is 38.2 Å². The lowest BCUT2D eigenvalue weighted by molar-refractivity contribution is 0.127. The summed E-state index contributed by atoms with van der Waals surface area (Å²) < 4.78 is 0. The molecule has 0 radical (unpaired) electrons. The molecule has 0 N–H and O–H groups in total. The predicted octanol–water partition coefficient (Wildman–Crippen LogP) is 3.16. The lowest BCUT2D eigenvalue weighted by Crippen LogP contribution is -2.36. The molecule has 0 heteroatoms. The summed E-state index contributed by atoms with van der Waals surface area (Å²) in [5.41, 5.74) is 1.05. The van der Waals surface area contributed by atoms with E-state index in [0.717, 1.165) is 11.8 Å². The Kier molecular flexibility index (Phi) is 0.988. The minimum absolute atomic E-state index is 0.492. The smallest absolute Gasteiger partial charge is 0.00213 e. The molecule has 0 aromatic heterocycles. The summed E-state index contributed by atoms with van der Waals surface area (Å²) in [6.07, 6.45) is 12.5. The van der Waals surface area contributed by atoms with Crippen LogP contribution in [0.1, 0.15) is 26.7 Å². The Morgan fingerprint density at radius 2 is 1.92 bits per heavy atom.